The van der Waals surface area contributed by atoms with E-state index in [-0.39, 0.29) is 0 Å². The van der Waals surface area contributed by atoms with Crippen molar-refractivity contribution >= 4 is 10.2 Å². The van der Waals surface area contributed by atoms with Crippen molar-refractivity contribution in [1.29, 1.82) is 0 Å². The number of hydrogen-bond acceptors (Lipinski definition) is 4. The average Bonchev–Trinajstić information content (AvgIpc) is 2.41. The van der Waals surface area contributed by atoms with Crippen LogP contribution in [0, 0.1) is 6.42 Å². The molecule has 0 aliphatic carbocycles. The maximum atomic E-state index is 12.0. The summed E-state index contributed by atoms with van der Waals surface area (Å²) < 4.78 is 33.4. The summed E-state index contributed by atoms with van der Waals surface area (Å²) in [4.78, 5) is 2.22. The molecule has 2 aliphatic rings. The summed E-state index contributed by atoms with van der Waals surface area (Å²) in [6.45, 7) is 5.70. The second-order valence-electron chi connectivity index (χ2n) is 4.62. The van der Waals surface area contributed by atoms with Crippen LogP contribution >= 0.6 is 0 Å². The first-order chi connectivity index (χ1) is 8.68. The van der Waals surface area contributed by atoms with Gasteiger partial charge in [-0.3, -0.25) is 4.90 Å². The van der Waals surface area contributed by atoms with Crippen molar-refractivity contribution in [3.63, 3.8) is 0 Å². The Morgan fingerprint density at radius 1 is 1.11 bits per heavy atom. The fourth-order valence-electron chi connectivity index (χ4n) is 2.22. The van der Waals surface area contributed by atoms with Crippen molar-refractivity contribution in [2.75, 3.05) is 52.5 Å². The van der Waals surface area contributed by atoms with Crippen molar-refractivity contribution < 1.29 is 13.2 Å². The molecule has 0 saturated carbocycles. The van der Waals surface area contributed by atoms with Gasteiger partial charge in [0, 0.05) is 39.3 Å². The predicted molar refractivity (Wildman–Crippen MR) is 69.3 cm³/mol. The number of nitrogens with one attached hydrogen (secondary N) is 1. The highest BCUT2D eigenvalue weighted by molar-refractivity contribution is 7.87. The zero-order valence-corrected chi connectivity index (χ0v) is 11.5. The summed E-state index contributed by atoms with van der Waals surface area (Å²) in [5.74, 6) is 0. The summed E-state index contributed by atoms with van der Waals surface area (Å²) in [5, 5.41) is 0. The van der Waals surface area contributed by atoms with E-state index < -0.39 is 10.2 Å². The van der Waals surface area contributed by atoms with Gasteiger partial charge in [-0.2, -0.15) is 12.7 Å². The molecule has 6 nitrogen and oxygen atoms in total. The molecule has 105 valence electrons. The van der Waals surface area contributed by atoms with E-state index >= 15 is 0 Å². The Labute approximate surface area is 109 Å². The molecule has 2 fully saturated rings. The van der Waals surface area contributed by atoms with Gasteiger partial charge < -0.3 is 4.74 Å². The van der Waals surface area contributed by atoms with Crippen LogP contribution in [0.15, 0.2) is 0 Å². The molecule has 1 N–H and O–H groups in total. The number of morpholine rings is 1. The van der Waals surface area contributed by atoms with Crippen molar-refractivity contribution in [2.45, 2.75) is 12.8 Å². The number of ether oxygens (including phenoxy) is 1. The van der Waals surface area contributed by atoms with Crippen molar-refractivity contribution in [3.8, 4) is 0 Å². The van der Waals surface area contributed by atoms with E-state index in [0.29, 0.717) is 19.6 Å². The molecule has 2 aliphatic heterocycles. The average molecular weight is 276 g/mol. The quantitative estimate of drug-likeness (QED) is 0.732. The topological polar surface area (TPSA) is 61.9 Å². The van der Waals surface area contributed by atoms with Crippen molar-refractivity contribution in [3.05, 3.63) is 6.42 Å². The van der Waals surface area contributed by atoms with E-state index in [9.17, 15) is 8.42 Å². The smallest absolute Gasteiger partial charge is 0.279 e. The van der Waals surface area contributed by atoms with Gasteiger partial charge >= 0.3 is 0 Å². The molecule has 2 rings (SSSR count). The second-order valence-corrected chi connectivity index (χ2v) is 6.37. The zero-order valence-electron chi connectivity index (χ0n) is 10.7. The predicted octanol–water partition coefficient (Wildman–Crippen LogP) is -0.547. The number of piperidine rings is 1. The van der Waals surface area contributed by atoms with Gasteiger partial charge in [-0.15, -0.1) is 0 Å². The van der Waals surface area contributed by atoms with Gasteiger partial charge in [0.2, 0.25) is 0 Å². The number of hydrogen-bond donors (Lipinski definition) is 1. The SMILES string of the molecule is O=S(=O)(NCCN1CCOCC1)N1CC[CH]CC1. The molecule has 7 heteroatoms. The molecular formula is C11H22N3O3S. The third-order valence-electron chi connectivity index (χ3n) is 3.32. The summed E-state index contributed by atoms with van der Waals surface area (Å²) >= 11 is 0. The molecular weight excluding hydrogens is 254 g/mol. The fraction of sp³-hybridized carbons (Fsp3) is 0.909. The Balaban J connectivity index is 1.70. The molecule has 0 amide bonds. The Morgan fingerprint density at radius 2 is 1.78 bits per heavy atom. The van der Waals surface area contributed by atoms with Gasteiger partial charge in [-0.05, 0) is 19.3 Å². The lowest BCUT2D eigenvalue weighted by molar-refractivity contribution is 0.0390. The minimum atomic E-state index is -3.28. The van der Waals surface area contributed by atoms with Gasteiger partial charge in [0.15, 0.2) is 0 Å². The van der Waals surface area contributed by atoms with Crippen LogP contribution in [0.3, 0.4) is 0 Å². The van der Waals surface area contributed by atoms with E-state index in [1.165, 1.54) is 4.31 Å². The van der Waals surface area contributed by atoms with E-state index in [4.69, 9.17) is 4.74 Å². The van der Waals surface area contributed by atoms with Gasteiger partial charge in [0.05, 0.1) is 13.2 Å². The largest absolute Gasteiger partial charge is 0.379 e. The van der Waals surface area contributed by atoms with Crippen LogP contribution in [0.2, 0.25) is 0 Å². The van der Waals surface area contributed by atoms with E-state index in [1.54, 1.807) is 0 Å². The first-order valence-corrected chi connectivity index (χ1v) is 7.99. The number of rotatable bonds is 5. The molecule has 0 aromatic rings. The second kappa shape index (κ2) is 6.81. The monoisotopic (exact) mass is 276 g/mol. The highest BCUT2D eigenvalue weighted by Crippen LogP contribution is 2.10. The molecule has 0 aromatic carbocycles. The van der Waals surface area contributed by atoms with Crippen LogP contribution in [0.25, 0.3) is 0 Å². The summed E-state index contributed by atoms with van der Waals surface area (Å²) in [6, 6.07) is 0. The summed E-state index contributed by atoms with van der Waals surface area (Å²) in [5.41, 5.74) is 0. The van der Waals surface area contributed by atoms with Gasteiger partial charge in [-0.1, -0.05) is 0 Å². The van der Waals surface area contributed by atoms with Crippen LogP contribution in [0.4, 0.5) is 0 Å². The lowest BCUT2D eigenvalue weighted by Gasteiger charge is -2.28. The standard InChI is InChI=1S/C11H22N3O3S/c15-18(16,14-5-2-1-3-6-14)12-4-7-13-8-10-17-11-9-13/h1,12H,2-11H2. The Morgan fingerprint density at radius 3 is 2.44 bits per heavy atom. The molecule has 0 bridgehead atoms. The third kappa shape index (κ3) is 4.17. The van der Waals surface area contributed by atoms with E-state index in [0.717, 1.165) is 45.7 Å². The molecule has 1 radical (unpaired) electrons. The normalized spacial score (nSPS) is 24.2. The third-order valence-corrected chi connectivity index (χ3v) is 4.94. The molecule has 2 saturated heterocycles. The van der Waals surface area contributed by atoms with Crippen LogP contribution in [0.1, 0.15) is 12.8 Å². The molecule has 0 atom stereocenters. The molecule has 0 unspecified atom stereocenters. The summed E-state index contributed by atoms with van der Waals surface area (Å²) in [7, 11) is -3.28. The van der Waals surface area contributed by atoms with E-state index in [1.807, 2.05) is 0 Å². The highest BCUT2D eigenvalue weighted by Gasteiger charge is 2.23. The molecule has 18 heavy (non-hydrogen) atoms. The first-order valence-electron chi connectivity index (χ1n) is 6.55. The van der Waals surface area contributed by atoms with E-state index in [2.05, 4.69) is 16.0 Å². The van der Waals surface area contributed by atoms with Gasteiger partial charge in [-0.25, -0.2) is 4.72 Å². The molecule has 2 heterocycles. The lowest BCUT2D eigenvalue weighted by atomic mass is 10.2. The van der Waals surface area contributed by atoms with Crippen LogP contribution in [-0.4, -0.2) is 70.1 Å². The maximum Gasteiger partial charge on any atom is 0.279 e. The zero-order chi connectivity index (χ0) is 12.8. The minimum Gasteiger partial charge on any atom is -0.379 e. The summed E-state index contributed by atoms with van der Waals surface area (Å²) in [6.07, 6.45) is 3.84. The number of nitrogens with zero attached hydrogens (tertiary/aromatic N) is 2. The van der Waals surface area contributed by atoms with Gasteiger partial charge in [0.1, 0.15) is 0 Å². The maximum absolute atomic E-state index is 12.0. The molecule has 0 aromatic heterocycles. The Hall–Kier alpha value is -0.210. The lowest BCUT2D eigenvalue weighted by Crippen LogP contribution is -2.47. The van der Waals surface area contributed by atoms with Crippen LogP contribution in [0.5, 0.6) is 0 Å². The molecule has 0 spiro atoms. The van der Waals surface area contributed by atoms with Crippen LogP contribution < -0.4 is 4.72 Å². The van der Waals surface area contributed by atoms with Crippen molar-refractivity contribution in [2.24, 2.45) is 0 Å². The highest BCUT2D eigenvalue weighted by atomic mass is 32.2. The van der Waals surface area contributed by atoms with Gasteiger partial charge in [0.25, 0.3) is 10.2 Å². The van der Waals surface area contributed by atoms with Crippen LogP contribution in [-0.2, 0) is 14.9 Å². The first kappa shape index (κ1) is 14.2. The Bertz CT molecular complexity index is 335. The fourth-order valence-corrected chi connectivity index (χ4v) is 3.44. The Kier molecular flexibility index (Phi) is 5.38. The van der Waals surface area contributed by atoms with Crippen molar-refractivity contribution in [1.82, 2.24) is 13.9 Å². The minimum absolute atomic E-state index is 0.475.